The largest absolute Gasteiger partial charge is 0.508 e. The molecule has 0 fully saturated rings. The van der Waals surface area contributed by atoms with Crippen LogP contribution in [0.4, 0.5) is 11.4 Å². The Bertz CT molecular complexity index is 725. The molecule has 2 aromatic carbocycles. The number of thiol groups is 2. The summed E-state index contributed by atoms with van der Waals surface area (Å²) in [5, 5.41) is 23.9. The Hall–Kier alpha value is -1.74. The van der Waals surface area contributed by atoms with Gasteiger partial charge in [-0.05, 0) is 24.3 Å². The molecule has 0 bridgehead atoms. The molecule has 0 heterocycles. The molecule has 0 unspecified atom stereocenters. The third kappa shape index (κ3) is 7.65. The number of rotatable bonds is 4. The lowest BCUT2D eigenvalue weighted by molar-refractivity contribution is -0.114. The summed E-state index contributed by atoms with van der Waals surface area (Å²) in [5.74, 6) is -0.276. The van der Waals surface area contributed by atoms with E-state index in [1.807, 2.05) is 0 Å². The Morgan fingerprint density at radius 2 is 1.15 bits per heavy atom. The van der Waals surface area contributed by atoms with Crippen molar-refractivity contribution in [3.8, 4) is 11.5 Å². The van der Waals surface area contributed by atoms with E-state index in [1.165, 1.54) is 36.4 Å². The van der Waals surface area contributed by atoms with E-state index in [2.05, 4.69) is 35.9 Å². The van der Waals surface area contributed by atoms with Crippen LogP contribution in [0.5, 0.6) is 11.5 Å². The second-order valence-electron chi connectivity index (χ2n) is 4.74. The zero-order valence-electron chi connectivity index (χ0n) is 13.2. The fraction of sp³-hybridized carbons (Fsp3) is 0.125. The van der Waals surface area contributed by atoms with Crippen molar-refractivity contribution in [1.82, 2.24) is 0 Å². The second-order valence-corrected chi connectivity index (χ2v) is 6.19. The van der Waals surface area contributed by atoms with Crippen molar-refractivity contribution in [2.45, 2.75) is 0 Å². The second kappa shape index (κ2) is 11.1. The summed E-state index contributed by atoms with van der Waals surface area (Å²) in [6.45, 7) is 0. The third-order valence-electron chi connectivity index (χ3n) is 2.74. The average Bonchev–Trinajstić information content (AvgIpc) is 2.61. The first-order chi connectivity index (χ1) is 12.3. The van der Waals surface area contributed by atoms with Crippen molar-refractivity contribution in [3.05, 3.63) is 46.4 Å². The molecule has 140 valence electrons. The Labute approximate surface area is 171 Å². The lowest BCUT2D eigenvalue weighted by Crippen LogP contribution is -2.12. The van der Waals surface area contributed by atoms with Crippen LogP contribution < -0.4 is 10.6 Å². The average molecular weight is 435 g/mol. The number of hydrogen-bond acceptors (Lipinski definition) is 6. The maximum absolute atomic E-state index is 10.9. The van der Waals surface area contributed by atoms with Crippen LogP contribution in [0, 0.1) is 0 Å². The first-order valence-electron chi connectivity index (χ1n) is 7.05. The molecule has 0 spiro atoms. The number of benzene rings is 2. The van der Waals surface area contributed by atoms with Crippen LogP contribution in [0.2, 0.25) is 10.0 Å². The van der Waals surface area contributed by atoms with E-state index in [9.17, 15) is 9.59 Å². The van der Waals surface area contributed by atoms with Crippen molar-refractivity contribution in [1.29, 1.82) is 0 Å². The Morgan fingerprint density at radius 3 is 1.46 bits per heavy atom. The summed E-state index contributed by atoms with van der Waals surface area (Å²) in [6.07, 6.45) is 0. The number of phenols is 2. The Kier molecular flexibility index (Phi) is 9.50. The van der Waals surface area contributed by atoms with Crippen molar-refractivity contribution >= 4 is 71.6 Å². The van der Waals surface area contributed by atoms with Crippen molar-refractivity contribution in [2.24, 2.45) is 0 Å². The molecular formula is C16H16Cl2N2O4S2. The highest BCUT2D eigenvalue weighted by Gasteiger charge is 2.05. The van der Waals surface area contributed by atoms with Crippen LogP contribution in [0.25, 0.3) is 0 Å². The molecule has 2 rings (SSSR count). The van der Waals surface area contributed by atoms with Crippen molar-refractivity contribution < 1.29 is 19.8 Å². The maximum atomic E-state index is 10.9. The van der Waals surface area contributed by atoms with E-state index in [4.69, 9.17) is 33.4 Å². The number of anilines is 2. The lowest BCUT2D eigenvalue weighted by Gasteiger charge is -2.05. The van der Waals surface area contributed by atoms with E-state index >= 15 is 0 Å². The maximum Gasteiger partial charge on any atom is 0.234 e. The van der Waals surface area contributed by atoms with Gasteiger partial charge in [-0.3, -0.25) is 9.59 Å². The predicted octanol–water partition coefficient (Wildman–Crippen LogP) is 3.83. The summed E-state index contributed by atoms with van der Waals surface area (Å²) < 4.78 is 0. The molecule has 6 nitrogen and oxygen atoms in total. The van der Waals surface area contributed by atoms with E-state index in [-0.39, 0.29) is 34.8 Å². The van der Waals surface area contributed by atoms with Crippen molar-refractivity contribution in [3.63, 3.8) is 0 Å². The SMILES string of the molecule is O=C(CS)Nc1cc(O)ccc1Cl.O=C(CS)Nc1cc(O)ccc1Cl. The Morgan fingerprint density at radius 1 is 0.808 bits per heavy atom. The monoisotopic (exact) mass is 434 g/mol. The number of hydrogen-bond donors (Lipinski definition) is 6. The molecule has 0 aliphatic rings. The van der Waals surface area contributed by atoms with Gasteiger partial charge < -0.3 is 20.8 Å². The predicted molar refractivity (Wildman–Crippen MR) is 111 cm³/mol. The molecule has 0 saturated carbocycles. The van der Waals surface area contributed by atoms with Crippen LogP contribution in [-0.2, 0) is 9.59 Å². The number of carbonyl (C=O) groups excluding carboxylic acids is 2. The summed E-state index contributed by atoms with van der Waals surface area (Å²) in [5.41, 5.74) is 0.779. The highest BCUT2D eigenvalue weighted by atomic mass is 35.5. The lowest BCUT2D eigenvalue weighted by atomic mass is 10.3. The van der Waals surface area contributed by atoms with E-state index in [0.717, 1.165) is 0 Å². The summed E-state index contributed by atoms with van der Waals surface area (Å²) in [7, 11) is 0. The molecule has 10 heteroatoms. The number of amides is 2. The molecular weight excluding hydrogens is 419 g/mol. The fourth-order valence-corrected chi connectivity index (χ4v) is 2.09. The van der Waals surface area contributed by atoms with Gasteiger partial charge in [0.1, 0.15) is 11.5 Å². The topological polar surface area (TPSA) is 98.7 Å². The number of carbonyl (C=O) groups is 2. The minimum absolute atomic E-state index is 0.0545. The first kappa shape index (κ1) is 22.3. The van der Waals surface area contributed by atoms with E-state index < -0.39 is 0 Å². The number of phenolic OH excluding ortho intramolecular Hbond substituents is 2. The molecule has 4 N–H and O–H groups in total. The normalized spacial score (nSPS) is 9.69. The van der Waals surface area contributed by atoms with Gasteiger partial charge in [0.15, 0.2) is 0 Å². The number of nitrogens with one attached hydrogen (secondary N) is 2. The molecule has 0 atom stereocenters. The molecule has 2 aromatic rings. The number of aromatic hydroxyl groups is 2. The molecule has 0 radical (unpaired) electrons. The van der Waals surface area contributed by atoms with Gasteiger partial charge in [-0.1, -0.05) is 23.2 Å². The first-order valence-corrected chi connectivity index (χ1v) is 9.07. The van der Waals surface area contributed by atoms with Gasteiger partial charge in [0, 0.05) is 12.1 Å². The van der Waals surface area contributed by atoms with Gasteiger partial charge in [-0.2, -0.15) is 25.3 Å². The van der Waals surface area contributed by atoms with E-state index in [1.54, 1.807) is 0 Å². The summed E-state index contributed by atoms with van der Waals surface area (Å²) >= 11 is 19.1. The van der Waals surface area contributed by atoms with Gasteiger partial charge in [0.25, 0.3) is 0 Å². The molecule has 26 heavy (non-hydrogen) atoms. The van der Waals surface area contributed by atoms with Gasteiger partial charge in [0.2, 0.25) is 11.8 Å². The Balaban J connectivity index is 0.000000260. The van der Waals surface area contributed by atoms with Gasteiger partial charge in [-0.15, -0.1) is 0 Å². The molecule has 0 aliphatic heterocycles. The smallest absolute Gasteiger partial charge is 0.234 e. The molecule has 0 aromatic heterocycles. The van der Waals surface area contributed by atoms with Crippen LogP contribution in [0.1, 0.15) is 0 Å². The van der Waals surface area contributed by atoms with Gasteiger partial charge >= 0.3 is 0 Å². The zero-order chi connectivity index (χ0) is 19.7. The van der Waals surface area contributed by atoms with Crippen LogP contribution in [-0.4, -0.2) is 33.5 Å². The molecule has 0 saturated heterocycles. The fourth-order valence-electron chi connectivity index (χ4n) is 1.60. The van der Waals surface area contributed by atoms with Gasteiger partial charge in [0.05, 0.1) is 32.9 Å². The molecule has 0 aliphatic carbocycles. The molecule has 2 amide bonds. The van der Waals surface area contributed by atoms with Crippen molar-refractivity contribution in [2.75, 3.05) is 22.1 Å². The highest BCUT2D eigenvalue weighted by Crippen LogP contribution is 2.26. The van der Waals surface area contributed by atoms with E-state index in [0.29, 0.717) is 21.4 Å². The van der Waals surface area contributed by atoms with Crippen LogP contribution >= 0.6 is 48.5 Å². The minimum Gasteiger partial charge on any atom is -0.508 e. The third-order valence-corrected chi connectivity index (χ3v) is 3.97. The quantitative estimate of drug-likeness (QED) is 0.412. The van der Waals surface area contributed by atoms with Gasteiger partial charge in [-0.25, -0.2) is 0 Å². The summed E-state index contributed by atoms with van der Waals surface area (Å²) in [6, 6.07) is 8.65. The zero-order valence-corrected chi connectivity index (χ0v) is 16.5. The number of halogens is 2. The minimum atomic E-state index is -0.268. The van der Waals surface area contributed by atoms with Crippen LogP contribution in [0.15, 0.2) is 36.4 Å². The summed E-state index contributed by atoms with van der Waals surface area (Å²) in [4.78, 5) is 21.8. The highest BCUT2D eigenvalue weighted by molar-refractivity contribution is 7.81. The standard InChI is InChI=1S/2C8H8ClNO2S/c2*9-6-2-1-5(11)3-7(6)10-8(12)4-13/h2*1-3,11,13H,4H2,(H,10,12). The van der Waals surface area contributed by atoms with Crippen LogP contribution in [0.3, 0.4) is 0 Å².